The Morgan fingerprint density at radius 1 is 1.33 bits per heavy atom. The highest BCUT2D eigenvalue weighted by Crippen LogP contribution is 2.18. The number of nitro groups is 1. The van der Waals surface area contributed by atoms with Crippen molar-refractivity contribution in [3.05, 3.63) is 56.0 Å². The second-order valence-electron chi connectivity index (χ2n) is 4.80. The number of aryl methyl sites for hydroxylation is 1. The first kappa shape index (κ1) is 17.5. The first-order valence-corrected chi connectivity index (χ1v) is 7.93. The van der Waals surface area contributed by atoms with Crippen LogP contribution in [0.4, 0.5) is 5.69 Å². The number of nitrogens with zero attached hydrogens (tertiary/aromatic N) is 2. The summed E-state index contributed by atoms with van der Waals surface area (Å²) in [5.41, 5.74) is -0.343. The Morgan fingerprint density at radius 2 is 2.08 bits per heavy atom. The molecule has 8 nitrogen and oxygen atoms in total. The van der Waals surface area contributed by atoms with Crippen molar-refractivity contribution in [2.24, 2.45) is 0 Å². The van der Waals surface area contributed by atoms with Crippen molar-refractivity contribution in [2.45, 2.75) is 12.8 Å². The molecule has 0 fully saturated rings. The van der Waals surface area contributed by atoms with Gasteiger partial charge in [0, 0.05) is 42.2 Å². The number of non-ortho nitro benzene ring substituents is 1. The summed E-state index contributed by atoms with van der Waals surface area (Å²) in [6.45, 7) is 0.397. The number of aromatic nitrogens is 1. The van der Waals surface area contributed by atoms with Crippen LogP contribution in [-0.2, 0) is 11.2 Å². The lowest BCUT2D eigenvalue weighted by Crippen LogP contribution is -2.25. The molecule has 2 rings (SSSR count). The zero-order chi connectivity index (χ0) is 17.5. The van der Waals surface area contributed by atoms with E-state index >= 15 is 0 Å². The molecule has 9 heteroatoms. The molecule has 1 aromatic heterocycles. The van der Waals surface area contributed by atoms with Crippen molar-refractivity contribution in [1.29, 1.82) is 0 Å². The van der Waals surface area contributed by atoms with Gasteiger partial charge in [-0.05, 0) is 12.5 Å². The number of hydrogen-bond donors (Lipinski definition) is 1. The molecule has 0 atom stereocenters. The molecular formula is C15H15N3O5S. The Balaban J connectivity index is 2.03. The average Bonchev–Trinajstić information content (AvgIpc) is 3.10. The third-order valence-corrected chi connectivity index (χ3v) is 3.99. The van der Waals surface area contributed by atoms with Gasteiger partial charge in [0.2, 0.25) is 0 Å². The number of amides is 1. The second-order valence-corrected chi connectivity index (χ2v) is 5.78. The summed E-state index contributed by atoms with van der Waals surface area (Å²) in [6.07, 6.45) is 3.15. The van der Waals surface area contributed by atoms with Gasteiger partial charge >= 0.3 is 5.97 Å². The van der Waals surface area contributed by atoms with Crippen molar-refractivity contribution >= 4 is 28.9 Å². The number of ether oxygens (including phenoxy) is 1. The van der Waals surface area contributed by atoms with E-state index in [9.17, 15) is 19.7 Å². The van der Waals surface area contributed by atoms with E-state index in [2.05, 4.69) is 15.0 Å². The van der Waals surface area contributed by atoms with E-state index < -0.39 is 16.8 Å². The number of rotatable bonds is 7. The maximum atomic E-state index is 12.1. The Bertz CT molecular complexity index is 746. The molecule has 1 amide bonds. The molecule has 0 saturated carbocycles. The maximum absolute atomic E-state index is 12.1. The minimum atomic E-state index is -0.739. The number of methoxy groups -OCH3 is 1. The van der Waals surface area contributed by atoms with Crippen LogP contribution < -0.4 is 5.32 Å². The Morgan fingerprint density at radius 3 is 2.71 bits per heavy atom. The van der Waals surface area contributed by atoms with Crippen molar-refractivity contribution < 1.29 is 19.2 Å². The fourth-order valence-corrected chi connectivity index (χ4v) is 2.67. The van der Waals surface area contributed by atoms with Crippen LogP contribution in [0, 0.1) is 10.1 Å². The first-order chi connectivity index (χ1) is 11.5. The molecule has 126 valence electrons. The van der Waals surface area contributed by atoms with E-state index in [4.69, 9.17) is 0 Å². The Labute approximate surface area is 141 Å². The largest absolute Gasteiger partial charge is 0.465 e. The normalized spacial score (nSPS) is 10.2. The number of carbonyl (C=O) groups excluding carboxylic acids is 2. The van der Waals surface area contributed by atoms with Gasteiger partial charge in [-0.1, -0.05) is 0 Å². The van der Waals surface area contributed by atoms with Gasteiger partial charge in [0.25, 0.3) is 11.6 Å². The van der Waals surface area contributed by atoms with Crippen molar-refractivity contribution in [1.82, 2.24) is 10.3 Å². The van der Waals surface area contributed by atoms with Crippen LogP contribution in [0.2, 0.25) is 0 Å². The molecule has 0 bridgehead atoms. The number of hydrogen-bond acceptors (Lipinski definition) is 7. The molecule has 0 unspecified atom stereocenters. The van der Waals surface area contributed by atoms with E-state index in [1.54, 1.807) is 17.5 Å². The standard InChI is InChI=1S/C15H15N3O5S/c1-23-15(20)11-7-10(8-12(9-11)18(21)22)14(19)17-4-2-3-13-16-5-6-24-13/h5-9H,2-4H2,1H3,(H,17,19). The van der Waals surface area contributed by atoms with E-state index in [-0.39, 0.29) is 16.8 Å². The maximum Gasteiger partial charge on any atom is 0.338 e. The quantitative estimate of drug-likeness (QED) is 0.355. The summed E-state index contributed by atoms with van der Waals surface area (Å²) in [5, 5.41) is 16.5. The van der Waals surface area contributed by atoms with Gasteiger partial charge in [-0.2, -0.15) is 0 Å². The van der Waals surface area contributed by atoms with Crippen LogP contribution >= 0.6 is 11.3 Å². The predicted octanol–water partition coefficient (Wildman–Crippen LogP) is 2.20. The van der Waals surface area contributed by atoms with Crippen LogP contribution in [-0.4, -0.2) is 35.4 Å². The average molecular weight is 349 g/mol. The summed E-state index contributed by atoms with van der Waals surface area (Å²) in [5.74, 6) is -1.22. The topological polar surface area (TPSA) is 111 Å². The van der Waals surface area contributed by atoms with Crippen LogP contribution in [0.15, 0.2) is 29.8 Å². The minimum absolute atomic E-state index is 0.0406. The van der Waals surface area contributed by atoms with Gasteiger partial charge in [0.05, 0.1) is 22.6 Å². The number of esters is 1. The molecule has 0 spiro atoms. The fraction of sp³-hybridized carbons (Fsp3) is 0.267. The predicted molar refractivity (Wildman–Crippen MR) is 87.2 cm³/mol. The lowest BCUT2D eigenvalue weighted by Gasteiger charge is -2.06. The summed E-state index contributed by atoms with van der Waals surface area (Å²) in [7, 11) is 1.17. The molecule has 0 aliphatic heterocycles. The van der Waals surface area contributed by atoms with Crippen molar-refractivity contribution in [2.75, 3.05) is 13.7 Å². The lowest BCUT2D eigenvalue weighted by molar-refractivity contribution is -0.384. The Kier molecular flexibility index (Phi) is 5.96. The molecule has 0 radical (unpaired) electrons. The molecular weight excluding hydrogens is 334 g/mol. The lowest BCUT2D eigenvalue weighted by atomic mass is 10.1. The molecule has 0 aliphatic rings. The van der Waals surface area contributed by atoms with Gasteiger partial charge < -0.3 is 10.1 Å². The minimum Gasteiger partial charge on any atom is -0.465 e. The molecule has 1 heterocycles. The van der Waals surface area contributed by atoms with E-state index in [0.29, 0.717) is 13.0 Å². The van der Waals surface area contributed by atoms with Crippen LogP contribution in [0.1, 0.15) is 32.1 Å². The first-order valence-electron chi connectivity index (χ1n) is 7.05. The van der Waals surface area contributed by atoms with Gasteiger partial charge in [-0.3, -0.25) is 14.9 Å². The van der Waals surface area contributed by atoms with Crippen LogP contribution in [0.5, 0.6) is 0 Å². The zero-order valence-corrected chi connectivity index (χ0v) is 13.7. The second kappa shape index (κ2) is 8.16. The number of carbonyl (C=O) groups is 2. The molecule has 1 N–H and O–H groups in total. The molecule has 0 aliphatic carbocycles. The Hall–Kier alpha value is -2.81. The summed E-state index contributed by atoms with van der Waals surface area (Å²) < 4.78 is 4.55. The SMILES string of the molecule is COC(=O)c1cc(C(=O)NCCCc2nccs2)cc([N+](=O)[O-])c1. The van der Waals surface area contributed by atoms with Crippen molar-refractivity contribution in [3.8, 4) is 0 Å². The third kappa shape index (κ3) is 4.59. The summed E-state index contributed by atoms with van der Waals surface area (Å²) >= 11 is 1.54. The molecule has 0 saturated heterocycles. The zero-order valence-electron chi connectivity index (χ0n) is 12.9. The van der Waals surface area contributed by atoms with E-state index in [1.165, 1.54) is 13.2 Å². The fourth-order valence-electron chi connectivity index (χ4n) is 2.00. The van der Waals surface area contributed by atoms with Gasteiger partial charge in [0.1, 0.15) is 0 Å². The number of nitrogens with one attached hydrogen (secondary N) is 1. The smallest absolute Gasteiger partial charge is 0.338 e. The van der Waals surface area contributed by atoms with Gasteiger partial charge in [0.15, 0.2) is 0 Å². The highest BCUT2D eigenvalue weighted by atomic mass is 32.1. The van der Waals surface area contributed by atoms with Crippen LogP contribution in [0.25, 0.3) is 0 Å². The summed E-state index contributed by atoms with van der Waals surface area (Å²) in [6, 6.07) is 3.47. The van der Waals surface area contributed by atoms with Gasteiger partial charge in [-0.15, -0.1) is 11.3 Å². The monoisotopic (exact) mass is 349 g/mol. The molecule has 2 aromatic rings. The molecule has 1 aromatic carbocycles. The highest BCUT2D eigenvalue weighted by Gasteiger charge is 2.18. The number of thiazole rings is 1. The van der Waals surface area contributed by atoms with E-state index in [1.807, 2.05) is 5.38 Å². The van der Waals surface area contributed by atoms with Crippen LogP contribution in [0.3, 0.4) is 0 Å². The molecule has 24 heavy (non-hydrogen) atoms. The highest BCUT2D eigenvalue weighted by molar-refractivity contribution is 7.09. The van der Waals surface area contributed by atoms with Crippen molar-refractivity contribution in [3.63, 3.8) is 0 Å². The van der Waals surface area contributed by atoms with E-state index in [0.717, 1.165) is 23.6 Å². The third-order valence-electron chi connectivity index (χ3n) is 3.15. The number of nitro benzene ring substituents is 1. The number of benzene rings is 1. The van der Waals surface area contributed by atoms with Gasteiger partial charge in [-0.25, -0.2) is 9.78 Å². The summed E-state index contributed by atoms with van der Waals surface area (Å²) in [4.78, 5) is 38.1.